The highest BCUT2D eigenvalue weighted by molar-refractivity contribution is 5.95. The molecule has 20 heavy (non-hydrogen) atoms. The van der Waals surface area contributed by atoms with Crippen molar-refractivity contribution in [2.24, 2.45) is 0 Å². The molecule has 0 saturated carbocycles. The van der Waals surface area contributed by atoms with Crippen LogP contribution in [0.25, 0.3) is 5.83 Å². The molecule has 1 heterocycles. The van der Waals surface area contributed by atoms with Crippen molar-refractivity contribution < 1.29 is 22.5 Å². The Morgan fingerprint density at radius 1 is 1.15 bits per heavy atom. The number of carbonyl (C=O) groups excluding carboxylic acids is 1. The third kappa shape index (κ3) is 3.09. The van der Waals surface area contributed by atoms with Crippen molar-refractivity contribution >= 4 is 11.6 Å². The van der Waals surface area contributed by atoms with Crippen molar-refractivity contribution in [1.82, 2.24) is 4.98 Å². The minimum atomic E-state index is -2.45. The standard InChI is InChI=1S/C14H10F3N2O/c15-13(14(16)17)11-8-18-6-7-19(11)9-12(20)10-4-2-1-3-5-10/h1-8H,9H2/q+1. The first kappa shape index (κ1) is 13.9. The molecule has 1 aromatic heterocycles. The molecule has 0 unspecified atom stereocenters. The Bertz CT molecular complexity index is 652. The molecule has 0 aliphatic carbocycles. The number of ketones is 1. The van der Waals surface area contributed by atoms with Crippen LogP contribution in [0.3, 0.4) is 0 Å². The second-order valence-corrected chi connectivity index (χ2v) is 3.95. The van der Waals surface area contributed by atoms with Gasteiger partial charge in [-0.25, -0.2) is 0 Å². The zero-order chi connectivity index (χ0) is 14.5. The second kappa shape index (κ2) is 6.10. The largest absolute Gasteiger partial charge is 0.312 e. The van der Waals surface area contributed by atoms with Gasteiger partial charge in [0, 0.05) is 5.56 Å². The van der Waals surface area contributed by atoms with Crippen molar-refractivity contribution in [3.63, 3.8) is 0 Å². The van der Waals surface area contributed by atoms with E-state index in [4.69, 9.17) is 0 Å². The molecule has 2 rings (SSSR count). The van der Waals surface area contributed by atoms with E-state index in [1.807, 2.05) is 0 Å². The molecule has 0 aliphatic rings. The van der Waals surface area contributed by atoms with Crippen LogP contribution in [0, 0.1) is 0 Å². The van der Waals surface area contributed by atoms with Crippen molar-refractivity contribution in [2.75, 3.05) is 0 Å². The molecule has 0 atom stereocenters. The Hall–Kier alpha value is -2.50. The smallest absolute Gasteiger partial charge is 0.287 e. The third-order valence-electron chi connectivity index (χ3n) is 2.64. The fourth-order valence-corrected chi connectivity index (χ4v) is 1.67. The lowest BCUT2D eigenvalue weighted by molar-refractivity contribution is -0.686. The van der Waals surface area contributed by atoms with E-state index < -0.39 is 17.6 Å². The van der Waals surface area contributed by atoms with Gasteiger partial charge in [-0.3, -0.25) is 9.78 Å². The normalized spacial score (nSPS) is 10.2. The van der Waals surface area contributed by atoms with Crippen LogP contribution in [0.5, 0.6) is 0 Å². The first-order valence-electron chi connectivity index (χ1n) is 5.72. The van der Waals surface area contributed by atoms with Gasteiger partial charge in [0.25, 0.3) is 11.5 Å². The van der Waals surface area contributed by atoms with Gasteiger partial charge >= 0.3 is 6.08 Å². The summed E-state index contributed by atoms with van der Waals surface area (Å²) in [6, 6.07) is 8.33. The van der Waals surface area contributed by atoms with E-state index in [2.05, 4.69) is 4.98 Å². The Morgan fingerprint density at radius 3 is 2.50 bits per heavy atom. The van der Waals surface area contributed by atoms with Gasteiger partial charge in [0.2, 0.25) is 12.3 Å². The van der Waals surface area contributed by atoms with Gasteiger partial charge in [0.15, 0.2) is 6.20 Å². The van der Waals surface area contributed by atoms with Crippen molar-refractivity contribution in [1.29, 1.82) is 0 Å². The fraction of sp³-hybridized carbons (Fsp3) is 0.0714. The van der Waals surface area contributed by atoms with Gasteiger partial charge in [-0.2, -0.15) is 17.7 Å². The lowest BCUT2D eigenvalue weighted by Crippen LogP contribution is -2.41. The molecular formula is C14H10F3N2O+. The maximum Gasteiger partial charge on any atom is 0.312 e. The first-order valence-corrected chi connectivity index (χ1v) is 5.72. The van der Waals surface area contributed by atoms with Gasteiger partial charge in [-0.15, -0.1) is 0 Å². The van der Waals surface area contributed by atoms with Crippen molar-refractivity contribution in [3.8, 4) is 0 Å². The maximum absolute atomic E-state index is 13.3. The van der Waals surface area contributed by atoms with Crippen LogP contribution >= 0.6 is 0 Å². The first-order chi connectivity index (χ1) is 9.59. The SMILES string of the molecule is O=C(C[n+]1ccncc1C(F)=C(F)F)c1ccccc1. The topological polar surface area (TPSA) is 33.8 Å². The Balaban J connectivity index is 2.31. The Morgan fingerprint density at radius 2 is 1.85 bits per heavy atom. The van der Waals surface area contributed by atoms with Crippen LogP contribution in [0.4, 0.5) is 13.2 Å². The molecule has 0 radical (unpaired) electrons. The van der Waals surface area contributed by atoms with Crippen LogP contribution < -0.4 is 4.57 Å². The highest BCUT2D eigenvalue weighted by Gasteiger charge is 2.23. The molecule has 1 aromatic carbocycles. The summed E-state index contributed by atoms with van der Waals surface area (Å²) < 4.78 is 39.1. The number of nitrogens with zero attached hydrogens (tertiary/aromatic N) is 2. The number of benzene rings is 1. The summed E-state index contributed by atoms with van der Waals surface area (Å²) in [5.41, 5.74) is -0.00958. The van der Waals surface area contributed by atoms with Crippen molar-refractivity contribution in [2.45, 2.75) is 6.54 Å². The monoisotopic (exact) mass is 279 g/mol. The number of halogens is 3. The van der Waals surface area contributed by atoms with E-state index in [0.29, 0.717) is 5.56 Å². The average molecular weight is 279 g/mol. The number of rotatable bonds is 4. The molecule has 2 aromatic rings. The van der Waals surface area contributed by atoms with E-state index in [1.165, 1.54) is 12.4 Å². The van der Waals surface area contributed by atoms with E-state index in [9.17, 15) is 18.0 Å². The number of hydrogen-bond acceptors (Lipinski definition) is 2. The minimum Gasteiger partial charge on any atom is -0.287 e. The summed E-state index contributed by atoms with van der Waals surface area (Å²) >= 11 is 0. The molecule has 102 valence electrons. The molecular weight excluding hydrogens is 269 g/mol. The molecule has 0 amide bonds. The van der Waals surface area contributed by atoms with E-state index >= 15 is 0 Å². The maximum atomic E-state index is 13.3. The number of hydrogen-bond donors (Lipinski definition) is 0. The van der Waals surface area contributed by atoms with Gasteiger partial charge in [0.05, 0.1) is 6.20 Å². The van der Waals surface area contributed by atoms with Gasteiger partial charge in [0.1, 0.15) is 6.20 Å². The van der Waals surface area contributed by atoms with Gasteiger partial charge in [-0.05, 0) is 0 Å². The van der Waals surface area contributed by atoms with Gasteiger partial charge < -0.3 is 0 Å². The van der Waals surface area contributed by atoms with E-state index in [0.717, 1.165) is 10.8 Å². The van der Waals surface area contributed by atoms with Crippen LogP contribution in [0.15, 0.2) is 55.0 Å². The zero-order valence-corrected chi connectivity index (χ0v) is 10.3. The molecule has 3 nitrogen and oxygen atoms in total. The highest BCUT2D eigenvalue weighted by atomic mass is 19.3. The molecule has 6 heteroatoms. The highest BCUT2D eigenvalue weighted by Crippen LogP contribution is 2.18. The average Bonchev–Trinajstić information content (AvgIpc) is 2.48. The van der Waals surface area contributed by atoms with Crippen LogP contribution in [-0.4, -0.2) is 10.8 Å². The molecule has 0 fully saturated rings. The minimum absolute atomic E-state index is 0.247. The lowest BCUT2D eigenvalue weighted by atomic mass is 10.1. The quantitative estimate of drug-likeness (QED) is 0.637. The van der Waals surface area contributed by atoms with E-state index in [-0.39, 0.29) is 12.3 Å². The number of carbonyl (C=O) groups is 1. The molecule has 0 aliphatic heterocycles. The summed E-state index contributed by atoms with van der Waals surface area (Å²) in [6.07, 6.45) is 1.08. The van der Waals surface area contributed by atoms with Gasteiger partial charge in [-0.1, -0.05) is 30.3 Å². The summed E-state index contributed by atoms with van der Waals surface area (Å²) in [7, 11) is 0. The predicted octanol–water partition coefficient (Wildman–Crippen LogP) is 2.79. The Labute approximate surface area is 113 Å². The third-order valence-corrected chi connectivity index (χ3v) is 2.64. The fourth-order valence-electron chi connectivity index (χ4n) is 1.67. The predicted molar refractivity (Wildman–Crippen MR) is 65.4 cm³/mol. The summed E-state index contributed by atoms with van der Waals surface area (Å²) in [4.78, 5) is 15.6. The van der Waals surface area contributed by atoms with E-state index in [1.54, 1.807) is 30.3 Å². The second-order valence-electron chi connectivity index (χ2n) is 3.95. The summed E-state index contributed by atoms with van der Waals surface area (Å²) in [5.74, 6) is -1.99. The molecule has 0 saturated heterocycles. The number of Topliss-reactive ketones (excluding diaryl/α,β-unsaturated/α-hetero) is 1. The van der Waals surface area contributed by atoms with Crippen molar-refractivity contribution in [3.05, 3.63) is 66.3 Å². The number of aromatic nitrogens is 2. The summed E-state index contributed by atoms with van der Waals surface area (Å²) in [6.45, 7) is -0.247. The zero-order valence-electron chi connectivity index (χ0n) is 10.3. The van der Waals surface area contributed by atoms with Crippen LogP contribution in [0.2, 0.25) is 0 Å². The molecule has 0 N–H and O–H groups in total. The lowest BCUT2D eigenvalue weighted by Gasteiger charge is -2.01. The Kier molecular flexibility index (Phi) is 4.24. The molecule has 0 bridgehead atoms. The van der Waals surface area contributed by atoms with Crippen LogP contribution in [-0.2, 0) is 6.54 Å². The summed E-state index contributed by atoms with van der Waals surface area (Å²) in [5, 5.41) is 0. The van der Waals surface area contributed by atoms with Crippen LogP contribution in [0.1, 0.15) is 16.1 Å². The molecule has 0 spiro atoms.